The summed E-state index contributed by atoms with van der Waals surface area (Å²) in [7, 11) is 0. The molecule has 52 valence electrons. The Morgan fingerprint density at radius 3 is 2.80 bits per heavy atom. The Bertz CT molecular complexity index is 264. The first-order valence-electron chi connectivity index (χ1n) is 2.51. The van der Waals surface area contributed by atoms with E-state index in [4.69, 9.17) is 11.6 Å². The first kappa shape index (κ1) is 7.69. The molecule has 0 saturated carbocycles. The Kier molecular flexibility index (Phi) is 2.40. The molecule has 0 aliphatic rings. The van der Waals surface area contributed by atoms with Gasteiger partial charge in [0.05, 0.1) is 5.56 Å². The van der Waals surface area contributed by atoms with Crippen molar-refractivity contribution in [3.8, 4) is 0 Å². The maximum absolute atomic E-state index is 10.2. The Labute approximate surface area is 71.3 Å². The van der Waals surface area contributed by atoms with Crippen LogP contribution in [0.1, 0.15) is 10.4 Å². The van der Waals surface area contributed by atoms with Gasteiger partial charge in [-0.15, -0.1) is 0 Å². The fourth-order valence-electron chi connectivity index (χ4n) is 0.511. The molecule has 2 nitrogen and oxygen atoms in total. The molecule has 10 heavy (non-hydrogen) atoms. The van der Waals surface area contributed by atoms with Crippen LogP contribution in [0.3, 0.4) is 0 Å². The van der Waals surface area contributed by atoms with Crippen molar-refractivity contribution in [2.24, 2.45) is 0 Å². The average Bonchev–Trinajstić information content (AvgIpc) is 1.88. The highest BCUT2D eigenvalue weighted by Crippen LogP contribution is 2.14. The zero-order valence-corrected chi connectivity index (χ0v) is 7.19. The van der Waals surface area contributed by atoms with E-state index >= 15 is 0 Å². The number of hydrogen-bond acceptors (Lipinski definition) is 2. The van der Waals surface area contributed by atoms with E-state index < -0.39 is 0 Å². The lowest BCUT2D eigenvalue weighted by molar-refractivity contribution is 0.112. The third kappa shape index (κ3) is 1.55. The number of rotatable bonds is 1. The summed E-state index contributed by atoms with van der Waals surface area (Å²) < 4.78 is 0.628. The number of aldehydes is 1. The van der Waals surface area contributed by atoms with Crippen molar-refractivity contribution in [1.29, 1.82) is 0 Å². The lowest BCUT2D eigenvalue weighted by atomic mass is 10.3. The van der Waals surface area contributed by atoms with Crippen LogP contribution in [0.5, 0.6) is 0 Å². The molecular formula is C6H3BrClNO. The van der Waals surface area contributed by atoms with Crippen molar-refractivity contribution in [3.63, 3.8) is 0 Å². The molecule has 0 aliphatic carbocycles. The van der Waals surface area contributed by atoms with Crippen LogP contribution in [0.15, 0.2) is 16.7 Å². The van der Waals surface area contributed by atoms with Gasteiger partial charge in [0, 0.05) is 0 Å². The van der Waals surface area contributed by atoms with Gasteiger partial charge >= 0.3 is 0 Å². The summed E-state index contributed by atoms with van der Waals surface area (Å²) in [5, 5.41) is 0.226. The van der Waals surface area contributed by atoms with E-state index in [1.807, 2.05) is 0 Å². The summed E-state index contributed by atoms with van der Waals surface area (Å²) in [5.41, 5.74) is 0.407. The standard InChI is InChI=1S/C6H3BrClNO/c7-5-2-1-4(3-10)6(8)9-5/h1-3H. The van der Waals surface area contributed by atoms with Crippen LogP contribution >= 0.6 is 27.5 Å². The molecule has 0 spiro atoms. The van der Waals surface area contributed by atoms with Gasteiger partial charge in [0.1, 0.15) is 9.76 Å². The number of hydrogen-bond donors (Lipinski definition) is 0. The second-order valence-corrected chi connectivity index (χ2v) is 2.80. The molecule has 0 unspecified atom stereocenters. The van der Waals surface area contributed by atoms with Crippen LogP contribution in [-0.4, -0.2) is 11.3 Å². The van der Waals surface area contributed by atoms with E-state index in [1.165, 1.54) is 0 Å². The maximum Gasteiger partial charge on any atom is 0.153 e. The molecule has 0 aliphatic heterocycles. The van der Waals surface area contributed by atoms with Gasteiger partial charge in [-0.25, -0.2) is 4.98 Å². The predicted molar refractivity (Wildman–Crippen MR) is 42.3 cm³/mol. The minimum Gasteiger partial charge on any atom is -0.298 e. The summed E-state index contributed by atoms with van der Waals surface area (Å²) in [6.07, 6.45) is 0.668. The first-order valence-corrected chi connectivity index (χ1v) is 3.68. The predicted octanol–water partition coefficient (Wildman–Crippen LogP) is 2.31. The molecule has 0 bridgehead atoms. The minimum absolute atomic E-state index is 0.226. The Balaban J connectivity index is 3.19. The minimum atomic E-state index is 0.226. The van der Waals surface area contributed by atoms with Gasteiger partial charge in [-0.3, -0.25) is 4.79 Å². The third-order valence-corrected chi connectivity index (χ3v) is 1.71. The topological polar surface area (TPSA) is 30.0 Å². The van der Waals surface area contributed by atoms with Gasteiger partial charge in [-0.1, -0.05) is 11.6 Å². The highest BCUT2D eigenvalue weighted by atomic mass is 79.9. The molecule has 1 aromatic heterocycles. The van der Waals surface area contributed by atoms with Crippen LogP contribution in [-0.2, 0) is 0 Å². The second-order valence-electron chi connectivity index (χ2n) is 1.63. The summed E-state index contributed by atoms with van der Waals surface area (Å²) in [4.78, 5) is 14.0. The lowest BCUT2D eigenvalue weighted by Crippen LogP contribution is -1.84. The monoisotopic (exact) mass is 219 g/mol. The molecule has 0 aromatic carbocycles. The highest BCUT2D eigenvalue weighted by Gasteiger charge is 1.98. The van der Waals surface area contributed by atoms with Crippen LogP contribution in [0, 0.1) is 0 Å². The van der Waals surface area contributed by atoms with E-state index in [-0.39, 0.29) is 5.15 Å². The number of aromatic nitrogens is 1. The fraction of sp³-hybridized carbons (Fsp3) is 0. The molecule has 0 amide bonds. The van der Waals surface area contributed by atoms with Crippen molar-refractivity contribution in [2.45, 2.75) is 0 Å². The molecular weight excluding hydrogens is 217 g/mol. The van der Waals surface area contributed by atoms with Gasteiger partial charge in [-0.2, -0.15) is 0 Å². The molecule has 0 atom stereocenters. The molecule has 4 heteroatoms. The molecule has 1 rings (SSSR count). The van der Waals surface area contributed by atoms with Crippen molar-refractivity contribution in [2.75, 3.05) is 0 Å². The first-order chi connectivity index (χ1) is 4.74. The average molecular weight is 220 g/mol. The largest absolute Gasteiger partial charge is 0.298 e. The third-order valence-electron chi connectivity index (χ3n) is 0.971. The van der Waals surface area contributed by atoms with Crippen molar-refractivity contribution in [3.05, 3.63) is 27.5 Å². The quantitative estimate of drug-likeness (QED) is 0.537. The van der Waals surface area contributed by atoms with E-state index in [0.29, 0.717) is 16.5 Å². The van der Waals surface area contributed by atoms with Crippen LogP contribution < -0.4 is 0 Å². The van der Waals surface area contributed by atoms with Crippen LogP contribution in [0.25, 0.3) is 0 Å². The van der Waals surface area contributed by atoms with Gasteiger partial charge < -0.3 is 0 Å². The normalized spacial score (nSPS) is 9.40. The van der Waals surface area contributed by atoms with Gasteiger partial charge in [0.25, 0.3) is 0 Å². The second kappa shape index (κ2) is 3.12. The summed E-state index contributed by atoms with van der Waals surface area (Å²) in [5.74, 6) is 0. The van der Waals surface area contributed by atoms with Crippen LogP contribution in [0.2, 0.25) is 5.15 Å². The Hall–Kier alpha value is -0.410. The van der Waals surface area contributed by atoms with Gasteiger partial charge in [0.15, 0.2) is 6.29 Å². The number of halogens is 2. The molecule has 0 fully saturated rings. The number of carbonyl (C=O) groups is 1. The summed E-state index contributed by atoms with van der Waals surface area (Å²) in [6, 6.07) is 3.27. The lowest BCUT2D eigenvalue weighted by Gasteiger charge is -1.93. The van der Waals surface area contributed by atoms with Gasteiger partial charge in [-0.05, 0) is 28.1 Å². The molecule has 0 N–H and O–H groups in total. The van der Waals surface area contributed by atoms with E-state index in [1.54, 1.807) is 12.1 Å². The number of nitrogens with zero attached hydrogens (tertiary/aromatic N) is 1. The van der Waals surface area contributed by atoms with Crippen molar-refractivity contribution < 1.29 is 4.79 Å². The molecule has 1 aromatic rings. The zero-order chi connectivity index (χ0) is 7.56. The van der Waals surface area contributed by atoms with Crippen molar-refractivity contribution in [1.82, 2.24) is 4.98 Å². The van der Waals surface area contributed by atoms with Gasteiger partial charge in [0.2, 0.25) is 0 Å². The fourth-order valence-corrected chi connectivity index (χ4v) is 1.12. The van der Waals surface area contributed by atoms with E-state index in [2.05, 4.69) is 20.9 Å². The van der Waals surface area contributed by atoms with Crippen LogP contribution in [0.4, 0.5) is 0 Å². The smallest absolute Gasteiger partial charge is 0.153 e. The number of pyridine rings is 1. The number of carbonyl (C=O) groups excluding carboxylic acids is 1. The SMILES string of the molecule is O=Cc1ccc(Br)nc1Cl. The highest BCUT2D eigenvalue weighted by molar-refractivity contribution is 9.10. The summed E-state index contributed by atoms with van der Waals surface area (Å²) >= 11 is 8.67. The van der Waals surface area contributed by atoms with Crippen molar-refractivity contribution >= 4 is 33.8 Å². The Morgan fingerprint density at radius 1 is 1.60 bits per heavy atom. The maximum atomic E-state index is 10.2. The van der Waals surface area contributed by atoms with E-state index in [9.17, 15) is 4.79 Å². The zero-order valence-electron chi connectivity index (χ0n) is 4.84. The molecule has 0 radical (unpaired) electrons. The molecule has 1 heterocycles. The molecule has 0 saturated heterocycles. The van der Waals surface area contributed by atoms with E-state index in [0.717, 1.165) is 0 Å². The Morgan fingerprint density at radius 2 is 2.30 bits per heavy atom. The summed E-state index contributed by atoms with van der Waals surface area (Å²) in [6.45, 7) is 0.